The fourth-order valence-corrected chi connectivity index (χ4v) is 4.36. The fourth-order valence-electron chi connectivity index (χ4n) is 2.89. The molecule has 0 aromatic heterocycles. The summed E-state index contributed by atoms with van der Waals surface area (Å²) >= 11 is 12.0. The second-order valence-electron chi connectivity index (χ2n) is 6.91. The van der Waals surface area contributed by atoms with Crippen LogP contribution in [0.1, 0.15) is 13.3 Å². The maximum Gasteiger partial charge on any atom is 0.265 e. The van der Waals surface area contributed by atoms with Crippen LogP contribution in [0.25, 0.3) is 0 Å². The van der Waals surface area contributed by atoms with Crippen LogP contribution in [0.4, 0.5) is 11.4 Å². The molecule has 7 nitrogen and oxygen atoms in total. The van der Waals surface area contributed by atoms with E-state index in [9.17, 15) is 13.2 Å². The van der Waals surface area contributed by atoms with Crippen molar-refractivity contribution in [3.63, 3.8) is 0 Å². The Morgan fingerprint density at radius 2 is 1.67 bits per heavy atom. The molecule has 0 fully saturated rings. The van der Waals surface area contributed by atoms with Crippen molar-refractivity contribution in [2.45, 2.75) is 24.3 Å². The average molecular weight is 509 g/mol. The maximum atomic E-state index is 12.7. The van der Waals surface area contributed by atoms with Gasteiger partial charge in [0.05, 0.1) is 27.7 Å². The molecule has 3 aromatic rings. The molecule has 2 N–H and O–H groups in total. The summed E-state index contributed by atoms with van der Waals surface area (Å²) in [6, 6.07) is 17.3. The molecule has 0 aliphatic heterocycles. The van der Waals surface area contributed by atoms with Gasteiger partial charge in [-0.05, 0) is 55.0 Å². The monoisotopic (exact) mass is 508 g/mol. The van der Waals surface area contributed by atoms with E-state index < -0.39 is 16.1 Å². The highest BCUT2D eigenvalue weighted by Gasteiger charge is 2.20. The Labute approximate surface area is 202 Å². The van der Waals surface area contributed by atoms with Gasteiger partial charge in [0.2, 0.25) is 0 Å². The molecule has 33 heavy (non-hydrogen) atoms. The Morgan fingerprint density at radius 3 is 2.33 bits per heavy atom. The number of sulfonamides is 1. The second kappa shape index (κ2) is 10.8. The number of ether oxygens (including phenoxy) is 2. The average Bonchev–Trinajstić information content (AvgIpc) is 2.80. The van der Waals surface area contributed by atoms with Gasteiger partial charge in [0.25, 0.3) is 15.9 Å². The van der Waals surface area contributed by atoms with E-state index in [1.165, 1.54) is 30.3 Å². The first kappa shape index (κ1) is 24.7. The lowest BCUT2D eigenvalue weighted by molar-refractivity contribution is -0.122. The number of hydrogen-bond donors (Lipinski definition) is 2. The minimum absolute atomic E-state index is 0.00351. The number of anilines is 2. The summed E-state index contributed by atoms with van der Waals surface area (Å²) in [6.45, 7) is 1.83. The fraction of sp³-hybridized carbons (Fsp3) is 0.174. The molecule has 0 spiro atoms. The first-order valence-electron chi connectivity index (χ1n) is 9.92. The second-order valence-corrected chi connectivity index (χ2v) is 9.38. The topological polar surface area (TPSA) is 93.7 Å². The molecule has 0 aliphatic carbocycles. The van der Waals surface area contributed by atoms with Crippen LogP contribution in [0.5, 0.6) is 11.5 Å². The van der Waals surface area contributed by atoms with Crippen LogP contribution >= 0.6 is 23.2 Å². The standard InChI is InChI=1S/C23H22Cl2N2O5S/c1-3-21(32-17-7-4-6-16(14-17)31-2)23(28)26-15-10-12-18(13-11-15)33(29,30)27-20-9-5-8-19(24)22(20)25/h4-14,21,27H,3H2,1-2H3,(H,26,28). The minimum Gasteiger partial charge on any atom is -0.497 e. The largest absolute Gasteiger partial charge is 0.497 e. The van der Waals surface area contributed by atoms with E-state index in [1.54, 1.807) is 43.5 Å². The number of carbonyl (C=O) groups excluding carboxylic acids is 1. The van der Waals surface area contributed by atoms with Crippen molar-refractivity contribution in [3.8, 4) is 11.5 Å². The molecule has 3 rings (SSSR count). The van der Waals surface area contributed by atoms with Crippen molar-refractivity contribution in [1.82, 2.24) is 0 Å². The van der Waals surface area contributed by atoms with Gasteiger partial charge < -0.3 is 14.8 Å². The van der Waals surface area contributed by atoms with Crippen LogP contribution in [0, 0.1) is 0 Å². The Morgan fingerprint density at radius 1 is 1.00 bits per heavy atom. The Bertz CT molecular complexity index is 1230. The Balaban J connectivity index is 1.68. The zero-order valence-corrected chi connectivity index (χ0v) is 20.2. The van der Waals surface area contributed by atoms with Crippen molar-refractivity contribution in [3.05, 3.63) is 76.8 Å². The summed E-state index contributed by atoms with van der Waals surface area (Å²) < 4.78 is 38.7. The van der Waals surface area contributed by atoms with Gasteiger partial charge in [-0.25, -0.2) is 8.42 Å². The number of nitrogens with one attached hydrogen (secondary N) is 2. The third-order valence-electron chi connectivity index (χ3n) is 4.61. The van der Waals surface area contributed by atoms with Crippen LogP contribution in [-0.4, -0.2) is 27.5 Å². The molecular weight excluding hydrogens is 487 g/mol. The normalized spacial score (nSPS) is 12.0. The quantitative estimate of drug-likeness (QED) is 0.392. The smallest absolute Gasteiger partial charge is 0.265 e. The molecule has 1 unspecified atom stereocenters. The number of benzene rings is 3. The zero-order chi connectivity index (χ0) is 24.0. The first-order chi connectivity index (χ1) is 15.7. The van der Waals surface area contributed by atoms with Gasteiger partial charge in [0.15, 0.2) is 6.10 Å². The van der Waals surface area contributed by atoms with Gasteiger partial charge in [-0.1, -0.05) is 42.3 Å². The summed E-state index contributed by atoms with van der Waals surface area (Å²) in [6.07, 6.45) is -0.313. The zero-order valence-electron chi connectivity index (χ0n) is 17.8. The highest BCUT2D eigenvalue weighted by Crippen LogP contribution is 2.31. The predicted octanol–water partition coefficient (Wildman–Crippen LogP) is 5.60. The van der Waals surface area contributed by atoms with E-state index in [2.05, 4.69) is 10.0 Å². The van der Waals surface area contributed by atoms with E-state index in [0.717, 1.165) is 0 Å². The third kappa shape index (κ3) is 6.31. The first-order valence-corrected chi connectivity index (χ1v) is 12.2. The van der Waals surface area contributed by atoms with E-state index >= 15 is 0 Å². The van der Waals surface area contributed by atoms with Crippen LogP contribution < -0.4 is 19.5 Å². The SMILES string of the molecule is CCC(Oc1cccc(OC)c1)C(=O)Nc1ccc(S(=O)(=O)Nc2cccc(Cl)c2Cl)cc1. The van der Waals surface area contributed by atoms with Crippen molar-refractivity contribution >= 4 is 50.5 Å². The number of hydrogen-bond acceptors (Lipinski definition) is 5. The molecule has 0 bridgehead atoms. The number of rotatable bonds is 9. The summed E-state index contributed by atoms with van der Waals surface area (Å²) in [5, 5.41) is 3.08. The molecule has 1 atom stereocenters. The Hall–Kier alpha value is -2.94. The number of methoxy groups -OCH3 is 1. The molecule has 174 valence electrons. The summed E-state index contributed by atoms with van der Waals surface area (Å²) in [7, 11) is -2.36. The van der Waals surface area contributed by atoms with Crippen LogP contribution in [0.3, 0.4) is 0 Å². The van der Waals surface area contributed by atoms with Crippen molar-refractivity contribution < 1.29 is 22.7 Å². The van der Waals surface area contributed by atoms with Crippen molar-refractivity contribution in [1.29, 1.82) is 0 Å². The van der Waals surface area contributed by atoms with Crippen LogP contribution in [0.15, 0.2) is 71.6 Å². The molecule has 3 aromatic carbocycles. The molecule has 0 radical (unpaired) electrons. The molecule has 1 amide bonds. The molecule has 0 aliphatic rings. The molecule has 0 heterocycles. The maximum absolute atomic E-state index is 12.7. The van der Waals surface area contributed by atoms with E-state index in [4.69, 9.17) is 32.7 Å². The highest BCUT2D eigenvalue weighted by molar-refractivity contribution is 7.92. The lowest BCUT2D eigenvalue weighted by atomic mass is 10.2. The van der Waals surface area contributed by atoms with E-state index in [0.29, 0.717) is 23.6 Å². The van der Waals surface area contributed by atoms with Crippen LogP contribution in [-0.2, 0) is 14.8 Å². The Kier molecular flexibility index (Phi) is 8.07. The lowest BCUT2D eigenvalue weighted by Gasteiger charge is -2.18. The minimum atomic E-state index is -3.91. The highest BCUT2D eigenvalue weighted by atomic mass is 35.5. The molecule has 0 saturated carbocycles. The predicted molar refractivity (Wildman–Crippen MR) is 130 cm³/mol. The molecule has 10 heteroatoms. The van der Waals surface area contributed by atoms with Gasteiger partial charge in [0, 0.05) is 11.8 Å². The number of carbonyl (C=O) groups is 1. The summed E-state index contributed by atoms with van der Waals surface area (Å²) in [5.41, 5.74) is 0.592. The van der Waals surface area contributed by atoms with Crippen LogP contribution in [0.2, 0.25) is 10.0 Å². The van der Waals surface area contributed by atoms with Crippen molar-refractivity contribution in [2.75, 3.05) is 17.1 Å². The number of halogens is 2. The van der Waals surface area contributed by atoms with E-state index in [-0.39, 0.29) is 26.5 Å². The van der Waals surface area contributed by atoms with Crippen molar-refractivity contribution in [2.24, 2.45) is 0 Å². The summed E-state index contributed by atoms with van der Waals surface area (Å²) in [5.74, 6) is 0.760. The van der Waals surface area contributed by atoms with Gasteiger partial charge in [-0.15, -0.1) is 0 Å². The lowest BCUT2D eigenvalue weighted by Crippen LogP contribution is -2.32. The van der Waals surface area contributed by atoms with Gasteiger partial charge in [-0.2, -0.15) is 0 Å². The van der Waals surface area contributed by atoms with Gasteiger partial charge in [-0.3, -0.25) is 9.52 Å². The molecular formula is C23H22Cl2N2O5S. The van der Waals surface area contributed by atoms with Gasteiger partial charge >= 0.3 is 0 Å². The van der Waals surface area contributed by atoms with Gasteiger partial charge in [0.1, 0.15) is 11.5 Å². The number of amides is 1. The van der Waals surface area contributed by atoms with E-state index in [1.807, 2.05) is 6.92 Å². The molecule has 0 saturated heterocycles. The third-order valence-corrected chi connectivity index (χ3v) is 6.81. The summed E-state index contributed by atoms with van der Waals surface area (Å²) in [4.78, 5) is 12.7.